The van der Waals surface area contributed by atoms with E-state index in [4.69, 9.17) is 0 Å². The average Bonchev–Trinajstić information content (AvgIpc) is 2.72. The second-order valence-corrected chi connectivity index (χ2v) is 5.95. The van der Waals surface area contributed by atoms with E-state index < -0.39 is 15.9 Å². The molecule has 0 saturated carbocycles. The molecule has 1 aromatic rings. The van der Waals surface area contributed by atoms with Gasteiger partial charge in [-0.2, -0.15) is 0 Å². The summed E-state index contributed by atoms with van der Waals surface area (Å²) >= 11 is 0. The van der Waals surface area contributed by atoms with Crippen LogP contribution in [0.15, 0.2) is 0 Å². The van der Waals surface area contributed by atoms with Gasteiger partial charge in [0.2, 0.25) is 15.8 Å². The van der Waals surface area contributed by atoms with Crippen molar-refractivity contribution in [2.24, 2.45) is 0 Å². The van der Waals surface area contributed by atoms with Gasteiger partial charge < -0.3 is 5.32 Å². The van der Waals surface area contributed by atoms with Gasteiger partial charge in [0.25, 0.3) is 5.91 Å². The molecule has 1 amide bonds. The van der Waals surface area contributed by atoms with E-state index in [1.54, 1.807) is 0 Å². The van der Waals surface area contributed by atoms with E-state index in [1.807, 2.05) is 13.8 Å². The van der Waals surface area contributed by atoms with Gasteiger partial charge in [0.1, 0.15) is 5.82 Å². The summed E-state index contributed by atoms with van der Waals surface area (Å²) in [5.74, 6) is 0.409. The van der Waals surface area contributed by atoms with Gasteiger partial charge in [-0.3, -0.25) is 9.89 Å². The predicted molar refractivity (Wildman–Crippen MR) is 65.7 cm³/mol. The number of nitrogens with one attached hydrogen (secondary N) is 3. The second kappa shape index (κ2) is 5.91. The van der Waals surface area contributed by atoms with Crippen molar-refractivity contribution in [1.29, 1.82) is 0 Å². The van der Waals surface area contributed by atoms with E-state index in [0.717, 1.165) is 6.26 Å². The van der Waals surface area contributed by atoms with Crippen LogP contribution in [0, 0.1) is 0 Å². The maximum atomic E-state index is 11.6. The number of aromatic nitrogens is 3. The van der Waals surface area contributed by atoms with Crippen LogP contribution in [-0.4, -0.2) is 48.9 Å². The van der Waals surface area contributed by atoms with Crippen LogP contribution in [0.4, 0.5) is 0 Å². The molecule has 18 heavy (non-hydrogen) atoms. The van der Waals surface area contributed by atoms with Crippen LogP contribution >= 0.6 is 0 Å². The summed E-state index contributed by atoms with van der Waals surface area (Å²) in [7, 11) is -3.23. The highest BCUT2D eigenvalue weighted by atomic mass is 32.2. The molecule has 0 bridgehead atoms. The Morgan fingerprint density at radius 1 is 1.39 bits per heavy atom. The van der Waals surface area contributed by atoms with E-state index in [9.17, 15) is 13.2 Å². The van der Waals surface area contributed by atoms with Gasteiger partial charge in [0, 0.05) is 19.0 Å². The van der Waals surface area contributed by atoms with Gasteiger partial charge in [-0.1, -0.05) is 13.8 Å². The van der Waals surface area contributed by atoms with E-state index in [1.165, 1.54) is 0 Å². The molecule has 0 saturated heterocycles. The highest BCUT2D eigenvalue weighted by Gasteiger charge is 2.13. The van der Waals surface area contributed by atoms with Crippen LogP contribution in [-0.2, 0) is 10.0 Å². The van der Waals surface area contributed by atoms with Gasteiger partial charge in [-0.15, -0.1) is 5.10 Å². The lowest BCUT2D eigenvalue weighted by Gasteiger charge is -2.03. The quantitative estimate of drug-likeness (QED) is 0.588. The maximum Gasteiger partial charge on any atom is 0.291 e. The Morgan fingerprint density at radius 3 is 2.56 bits per heavy atom. The number of carbonyl (C=O) groups excluding carboxylic acids is 1. The summed E-state index contributed by atoms with van der Waals surface area (Å²) in [4.78, 5) is 15.6. The molecule has 0 unspecified atom stereocenters. The number of sulfonamides is 1. The van der Waals surface area contributed by atoms with Crippen molar-refractivity contribution in [3.63, 3.8) is 0 Å². The molecule has 0 radical (unpaired) electrons. The highest BCUT2D eigenvalue weighted by molar-refractivity contribution is 7.88. The molecule has 0 aliphatic heterocycles. The van der Waals surface area contributed by atoms with Crippen LogP contribution in [0.5, 0.6) is 0 Å². The minimum atomic E-state index is -3.23. The number of H-pyrrole nitrogens is 1. The Kier molecular flexibility index (Phi) is 4.79. The second-order valence-electron chi connectivity index (χ2n) is 4.12. The van der Waals surface area contributed by atoms with Crippen molar-refractivity contribution < 1.29 is 13.2 Å². The monoisotopic (exact) mass is 275 g/mol. The van der Waals surface area contributed by atoms with Crippen molar-refractivity contribution in [2.75, 3.05) is 19.3 Å². The van der Waals surface area contributed by atoms with Crippen molar-refractivity contribution in [1.82, 2.24) is 25.2 Å². The van der Waals surface area contributed by atoms with Gasteiger partial charge in [0.15, 0.2) is 0 Å². The molecule has 102 valence electrons. The van der Waals surface area contributed by atoms with E-state index in [-0.39, 0.29) is 24.8 Å². The Bertz CT molecular complexity index is 508. The first-order valence-corrected chi connectivity index (χ1v) is 7.34. The number of aromatic amines is 1. The van der Waals surface area contributed by atoms with Gasteiger partial charge in [-0.25, -0.2) is 18.1 Å². The zero-order valence-electron chi connectivity index (χ0n) is 10.5. The van der Waals surface area contributed by atoms with Crippen molar-refractivity contribution in [3.05, 3.63) is 11.6 Å². The van der Waals surface area contributed by atoms with Gasteiger partial charge in [0.05, 0.1) is 6.26 Å². The molecule has 9 heteroatoms. The molecule has 0 aromatic carbocycles. The van der Waals surface area contributed by atoms with Crippen molar-refractivity contribution in [3.8, 4) is 0 Å². The molecule has 8 nitrogen and oxygen atoms in total. The summed E-state index contributed by atoms with van der Waals surface area (Å²) < 4.78 is 23.8. The third-order valence-electron chi connectivity index (χ3n) is 2.03. The molecule has 3 N–H and O–H groups in total. The highest BCUT2D eigenvalue weighted by Crippen LogP contribution is 2.07. The van der Waals surface area contributed by atoms with Crippen molar-refractivity contribution in [2.45, 2.75) is 19.8 Å². The largest absolute Gasteiger partial charge is 0.348 e. The number of hydrogen-bond acceptors (Lipinski definition) is 5. The van der Waals surface area contributed by atoms with Gasteiger partial charge >= 0.3 is 0 Å². The first-order valence-electron chi connectivity index (χ1n) is 5.44. The van der Waals surface area contributed by atoms with Crippen LogP contribution in [0.1, 0.15) is 36.2 Å². The smallest absolute Gasteiger partial charge is 0.291 e. The molecule has 0 fully saturated rings. The van der Waals surface area contributed by atoms with Crippen LogP contribution in [0.3, 0.4) is 0 Å². The minimum absolute atomic E-state index is 0.0538. The van der Waals surface area contributed by atoms with Crippen LogP contribution < -0.4 is 10.0 Å². The summed E-state index contributed by atoms with van der Waals surface area (Å²) in [6.45, 7) is 4.17. The van der Waals surface area contributed by atoms with Crippen LogP contribution in [0.25, 0.3) is 0 Å². The van der Waals surface area contributed by atoms with E-state index in [2.05, 4.69) is 25.2 Å². The topological polar surface area (TPSA) is 117 Å². The first kappa shape index (κ1) is 14.6. The number of rotatable bonds is 6. The number of hydrogen-bond donors (Lipinski definition) is 3. The molecular weight excluding hydrogens is 258 g/mol. The molecule has 1 aromatic heterocycles. The van der Waals surface area contributed by atoms with Gasteiger partial charge in [-0.05, 0) is 0 Å². The Labute approximate surface area is 106 Å². The fourth-order valence-corrected chi connectivity index (χ4v) is 1.60. The number of amides is 1. The molecule has 0 spiro atoms. The zero-order valence-corrected chi connectivity index (χ0v) is 11.3. The summed E-state index contributed by atoms with van der Waals surface area (Å²) in [6.07, 6.45) is 1.05. The SMILES string of the molecule is CC(C)c1nc(C(=O)NCCNS(C)(=O)=O)n[nH]1. The Hall–Kier alpha value is -1.48. The lowest BCUT2D eigenvalue weighted by Crippen LogP contribution is -2.34. The predicted octanol–water partition coefficient (Wildman–Crippen LogP) is -0.793. The summed E-state index contributed by atoms with van der Waals surface area (Å²) in [6, 6.07) is 0. The maximum absolute atomic E-state index is 11.6. The van der Waals surface area contributed by atoms with Crippen LogP contribution in [0.2, 0.25) is 0 Å². The minimum Gasteiger partial charge on any atom is -0.348 e. The lowest BCUT2D eigenvalue weighted by atomic mass is 10.2. The molecule has 1 rings (SSSR count). The van der Waals surface area contributed by atoms with Crippen molar-refractivity contribution >= 4 is 15.9 Å². The Morgan fingerprint density at radius 2 is 2.06 bits per heavy atom. The normalized spacial score (nSPS) is 11.8. The van der Waals surface area contributed by atoms with E-state index in [0.29, 0.717) is 5.82 Å². The molecule has 0 atom stereocenters. The number of carbonyl (C=O) groups is 1. The summed E-state index contributed by atoms with van der Waals surface area (Å²) in [5, 5.41) is 8.96. The molecular formula is C9H17N5O3S. The third-order valence-corrected chi connectivity index (χ3v) is 2.76. The number of nitrogens with zero attached hydrogens (tertiary/aromatic N) is 2. The molecule has 1 heterocycles. The molecule has 0 aliphatic carbocycles. The standard InChI is InChI=1S/C9H17N5O3S/c1-6(2)7-12-8(14-13-7)9(15)10-4-5-11-18(3,16)17/h6,11H,4-5H2,1-3H3,(H,10,15)(H,12,13,14). The lowest BCUT2D eigenvalue weighted by molar-refractivity contribution is 0.0944. The third kappa shape index (κ3) is 4.80. The van der Waals surface area contributed by atoms with E-state index >= 15 is 0 Å². The Balaban J connectivity index is 2.41. The fraction of sp³-hybridized carbons (Fsp3) is 0.667. The molecule has 0 aliphatic rings. The fourth-order valence-electron chi connectivity index (χ4n) is 1.13. The first-order chi connectivity index (χ1) is 8.29. The average molecular weight is 275 g/mol. The zero-order chi connectivity index (χ0) is 13.8. The summed E-state index contributed by atoms with van der Waals surface area (Å²) in [5.41, 5.74) is 0.